The van der Waals surface area contributed by atoms with Crippen molar-refractivity contribution in [3.05, 3.63) is 41.9 Å². The summed E-state index contributed by atoms with van der Waals surface area (Å²) < 4.78 is 0. The minimum atomic E-state index is -0.595. The molecule has 1 rings (SSSR count). The first kappa shape index (κ1) is 9.77. The smallest absolute Gasteiger partial charge is 0.274 e. The molecular formula is C9H8ClNO2. The fourth-order valence-electron chi connectivity index (χ4n) is 0.822. The maximum Gasteiger partial charge on any atom is 0.274 e. The molecule has 0 heterocycles. The average Bonchev–Trinajstić information content (AvgIpc) is 2.15. The lowest BCUT2D eigenvalue weighted by atomic mass is 10.3. The van der Waals surface area contributed by atoms with Crippen molar-refractivity contribution >= 4 is 23.2 Å². The number of amides is 1. The van der Waals surface area contributed by atoms with Crippen molar-refractivity contribution < 1.29 is 10.0 Å². The van der Waals surface area contributed by atoms with E-state index in [-0.39, 0.29) is 0 Å². The van der Waals surface area contributed by atoms with Gasteiger partial charge in [0.2, 0.25) is 0 Å². The Labute approximate surface area is 80.8 Å². The zero-order valence-corrected chi connectivity index (χ0v) is 7.53. The van der Waals surface area contributed by atoms with Crippen molar-refractivity contribution in [3.8, 4) is 0 Å². The van der Waals surface area contributed by atoms with Crippen molar-refractivity contribution in [1.82, 2.24) is 0 Å². The first-order valence-electron chi connectivity index (χ1n) is 3.56. The summed E-state index contributed by atoms with van der Waals surface area (Å²) >= 11 is 5.66. The van der Waals surface area contributed by atoms with Crippen LogP contribution in [0.25, 0.3) is 0 Å². The standard InChI is InChI=1S/C9H8ClNO2/c1-2-9(12)11(13)8-5-3-4-7(10)6-8/h2-6,13H,1H2. The number of hydrogen-bond acceptors (Lipinski definition) is 2. The third-order valence-electron chi connectivity index (χ3n) is 1.44. The highest BCUT2D eigenvalue weighted by Gasteiger charge is 2.08. The van der Waals surface area contributed by atoms with Gasteiger partial charge in [0.25, 0.3) is 5.91 Å². The minimum absolute atomic E-state index is 0.317. The molecular weight excluding hydrogens is 190 g/mol. The fourth-order valence-corrected chi connectivity index (χ4v) is 1.01. The van der Waals surface area contributed by atoms with Crippen LogP contribution >= 0.6 is 11.6 Å². The van der Waals surface area contributed by atoms with E-state index in [1.165, 1.54) is 6.07 Å². The number of hydroxylamine groups is 1. The van der Waals surface area contributed by atoms with Crippen molar-refractivity contribution in [2.75, 3.05) is 5.06 Å². The maximum absolute atomic E-state index is 10.9. The predicted molar refractivity (Wildman–Crippen MR) is 50.9 cm³/mol. The van der Waals surface area contributed by atoms with Gasteiger partial charge in [0.05, 0.1) is 5.69 Å². The average molecular weight is 198 g/mol. The maximum atomic E-state index is 10.9. The number of benzene rings is 1. The highest BCUT2D eigenvalue weighted by molar-refractivity contribution is 6.30. The second-order valence-corrected chi connectivity index (χ2v) is 2.77. The van der Waals surface area contributed by atoms with Gasteiger partial charge >= 0.3 is 0 Å². The van der Waals surface area contributed by atoms with Crippen molar-refractivity contribution in [1.29, 1.82) is 0 Å². The third-order valence-corrected chi connectivity index (χ3v) is 1.67. The first-order chi connectivity index (χ1) is 6.15. The molecule has 0 spiro atoms. The monoisotopic (exact) mass is 197 g/mol. The Morgan fingerprint density at radius 2 is 2.31 bits per heavy atom. The Hall–Kier alpha value is -1.32. The molecule has 0 aliphatic rings. The lowest BCUT2D eigenvalue weighted by Gasteiger charge is -2.12. The summed E-state index contributed by atoms with van der Waals surface area (Å²) in [6.07, 6.45) is 1.01. The molecule has 1 aromatic carbocycles. The van der Waals surface area contributed by atoms with Crippen LogP contribution in [0.4, 0.5) is 5.69 Å². The Kier molecular flexibility index (Phi) is 3.06. The SMILES string of the molecule is C=CC(=O)N(O)c1cccc(Cl)c1. The molecule has 0 aromatic heterocycles. The second-order valence-electron chi connectivity index (χ2n) is 2.33. The van der Waals surface area contributed by atoms with Crippen molar-refractivity contribution in [2.45, 2.75) is 0 Å². The molecule has 0 aliphatic carbocycles. The third kappa shape index (κ3) is 2.31. The van der Waals surface area contributed by atoms with Gasteiger partial charge in [0, 0.05) is 5.02 Å². The van der Waals surface area contributed by atoms with Gasteiger partial charge in [-0.25, -0.2) is 0 Å². The molecule has 0 atom stereocenters. The largest absolute Gasteiger partial charge is 0.281 e. The Morgan fingerprint density at radius 3 is 2.85 bits per heavy atom. The van der Waals surface area contributed by atoms with E-state index in [4.69, 9.17) is 11.6 Å². The van der Waals surface area contributed by atoms with Gasteiger partial charge < -0.3 is 0 Å². The molecule has 0 bridgehead atoms. The van der Waals surface area contributed by atoms with Crippen LogP contribution in [0.1, 0.15) is 0 Å². The van der Waals surface area contributed by atoms with E-state index >= 15 is 0 Å². The number of rotatable bonds is 2. The number of carbonyl (C=O) groups is 1. The molecule has 1 N–H and O–H groups in total. The van der Waals surface area contributed by atoms with Crippen LogP contribution in [0, 0.1) is 0 Å². The number of carbonyl (C=O) groups excluding carboxylic acids is 1. The van der Waals surface area contributed by atoms with E-state index in [9.17, 15) is 10.0 Å². The highest BCUT2D eigenvalue weighted by Crippen LogP contribution is 2.18. The highest BCUT2D eigenvalue weighted by atomic mass is 35.5. The van der Waals surface area contributed by atoms with E-state index in [1.807, 2.05) is 0 Å². The lowest BCUT2D eigenvalue weighted by Crippen LogP contribution is -2.24. The van der Waals surface area contributed by atoms with Crippen LogP contribution in [0.5, 0.6) is 0 Å². The second kappa shape index (κ2) is 4.07. The normalized spacial score (nSPS) is 9.38. The molecule has 1 amide bonds. The molecule has 3 nitrogen and oxygen atoms in total. The van der Waals surface area contributed by atoms with Crippen molar-refractivity contribution in [3.63, 3.8) is 0 Å². The summed E-state index contributed by atoms with van der Waals surface area (Å²) in [7, 11) is 0. The van der Waals surface area contributed by atoms with Crippen LogP contribution in [-0.4, -0.2) is 11.1 Å². The van der Waals surface area contributed by atoms with Gasteiger partial charge in [-0.2, -0.15) is 5.06 Å². The Morgan fingerprint density at radius 1 is 1.62 bits per heavy atom. The van der Waals surface area contributed by atoms with Crippen LogP contribution < -0.4 is 5.06 Å². The molecule has 0 aliphatic heterocycles. The number of halogens is 1. The van der Waals surface area contributed by atoms with E-state index in [0.717, 1.165) is 6.08 Å². The number of nitrogens with zero attached hydrogens (tertiary/aromatic N) is 1. The zero-order chi connectivity index (χ0) is 9.84. The minimum Gasteiger partial charge on any atom is -0.281 e. The Bertz CT molecular complexity index is 338. The van der Waals surface area contributed by atoms with E-state index in [1.54, 1.807) is 18.2 Å². The van der Waals surface area contributed by atoms with Crippen LogP contribution in [0.2, 0.25) is 5.02 Å². The first-order valence-corrected chi connectivity index (χ1v) is 3.94. The molecule has 0 radical (unpaired) electrons. The van der Waals surface area contributed by atoms with Gasteiger partial charge in [0.1, 0.15) is 0 Å². The molecule has 4 heteroatoms. The summed E-state index contributed by atoms with van der Waals surface area (Å²) in [5.41, 5.74) is 0.317. The molecule has 1 aromatic rings. The van der Waals surface area contributed by atoms with Gasteiger partial charge in [0.15, 0.2) is 0 Å². The van der Waals surface area contributed by atoms with E-state index in [2.05, 4.69) is 6.58 Å². The summed E-state index contributed by atoms with van der Waals surface area (Å²) in [5, 5.41) is 10.2. The molecule has 0 unspecified atom stereocenters. The summed E-state index contributed by atoms with van der Waals surface area (Å²) in [4.78, 5) is 10.9. The van der Waals surface area contributed by atoms with Crippen LogP contribution in [-0.2, 0) is 4.79 Å². The van der Waals surface area contributed by atoms with Gasteiger partial charge in [-0.15, -0.1) is 0 Å². The molecule has 68 valence electrons. The van der Waals surface area contributed by atoms with Crippen LogP contribution in [0.3, 0.4) is 0 Å². The van der Waals surface area contributed by atoms with Gasteiger partial charge in [-0.1, -0.05) is 24.2 Å². The number of hydrogen-bond donors (Lipinski definition) is 1. The fraction of sp³-hybridized carbons (Fsp3) is 0. The Balaban J connectivity index is 2.94. The zero-order valence-electron chi connectivity index (χ0n) is 6.77. The quantitative estimate of drug-likeness (QED) is 0.449. The summed E-state index contributed by atoms with van der Waals surface area (Å²) in [5.74, 6) is -0.595. The van der Waals surface area contributed by atoms with Gasteiger partial charge in [-0.3, -0.25) is 10.0 Å². The molecule has 0 fully saturated rings. The summed E-state index contributed by atoms with van der Waals surface area (Å²) in [6.45, 7) is 3.25. The van der Waals surface area contributed by atoms with E-state index in [0.29, 0.717) is 15.8 Å². The number of anilines is 1. The van der Waals surface area contributed by atoms with Gasteiger partial charge in [-0.05, 0) is 24.3 Å². The van der Waals surface area contributed by atoms with Crippen LogP contribution in [0.15, 0.2) is 36.9 Å². The van der Waals surface area contributed by atoms with Crippen molar-refractivity contribution in [2.24, 2.45) is 0 Å². The molecule has 13 heavy (non-hydrogen) atoms. The molecule has 0 saturated carbocycles. The summed E-state index contributed by atoms with van der Waals surface area (Å²) in [6, 6.07) is 6.32. The van der Waals surface area contributed by atoms with E-state index < -0.39 is 5.91 Å². The predicted octanol–water partition coefficient (Wildman–Crippen LogP) is 2.25. The lowest BCUT2D eigenvalue weighted by molar-refractivity contribution is -0.118. The topological polar surface area (TPSA) is 40.5 Å². The molecule has 0 saturated heterocycles.